The molecule has 2 heterocycles. The van der Waals surface area contributed by atoms with Gasteiger partial charge in [-0.05, 0) is 18.8 Å². The number of aromatic nitrogens is 2. The van der Waals surface area contributed by atoms with Crippen LogP contribution in [-0.4, -0.2) is 27.9 Å². The topological polar surface area (TPSA) is 84.3 Å². The van der Waals surface area contributed by atoms with Crippen LogP contribution in [0.5, 0.6) is 5.88 Å². The van der Waals surface area contributed by atoms with E-state index in [-0.39, 0.29) is 5.88 Å². The monoisotopic (exact) mass is 226 g/mol. The number of hydrogen-bond donors (Lipinski definition) is 2. The summed E-state index contributed by atoms with van der Waals surface area (Å²) in [5, 5.41) is 9.46. The van der Waals surface area contributed by atoms with Gasteiger partial charge in [0.25, 0.3) is 5.56 Å². The van der Waals surface area contributed by atoms with Crippen molar-refractivity contribution < 1.29 is 9.84 Å². The highest BCUT2D eigenvalue weighted by Gasteiger charge is 2.16. The number of nitrogens with zero attached hydrogens (tertiary/aromatic N) is 1. The van der Waals surface area contributed by atoms with Crippen LogP contribution < -0.4 is 11.2 Å². The minimum Gasteiger partial charge on any atom is -0.494 e. The van der Waals surface area contributed by atoms with E-state index in [9.17, 15) is 14.7 Å². The van der Waals surface area contributed by atoms with Gasteiger partial charge in [-0.15, -0.1) is 0 Å². The van der Waals surface area contributed by atoms with Gasteiger partial charge in [0, 0.05) is 19.8 Å². The van der Waals surface area contributed by atoms with Crippen LogP contribution in [0.4, 0.5) is 0 Å². The van der Waals surface area contributed by atoms with E-state index in [0.717, 1.165) is 25.5 Å². The van der Waals surface area contributed by atoms with E-state index in [4.69, 9.17) is 4.74 Å². The first-order chi connectivity index (χ1) is 7.66. The number of aromatic amines is 1. The first kappa shape index (κ1) is 10.9. The Kier molecular flexibility index (Phi) is 3.09. The van der Waals surface area contributed by atoms with Gasteiger partial charge in [0.05, 0.1) is 6.07 Å². The summed E-state index contributed by atoms with van der Waals surface area (Å²) in [6.45, 7) is 1.87. The number of H-pyrrole nitrogens is 1. The zero-order valence-corrected chi connectivity index (χ0v) is 8.81. The van der Waals surface area contributed by atoms with Crippen LogP contribution in [-0.2, 0) is 11.3 Å². The molecule has 1 saturated heterocycles. The lowest BCUT2D eigenvalue weighted by Gasteiger charge is -2.10. The smallest absolute Gasteiger partial charge is 0.331 e. The lowest BCUT2D eigenvalue weighted by Crippen LogP contribution is -2.29. The molecule has 1 atom stereocenters. The molecule has 0 spiro atoms. The Morgan fingerprint density at radius 1 is 1.56 bits per heavy atom. The molecule has 1 aromatic heterocycles. The van der Waals surface area contributed by atoms with Crippen molar-refractivity contribution >= 4 is 0 Å². The van der Waals surface area contributed by atoms with Crippen molar-refractivity contribution in [3.8, 4) is 5.88 Å². The summed E-state index contributed by atoms with van der Waals surface area (Å²) in [7, 11) is 0. The second-order valence-electron chi connectivity index (χ2n) is 3.97. The van der Waals surface area contributed by atoms with E-state index in [1.54, 1.807) is 0 Å². The molecule has 16 heavy (non-hydrogen) atoms. The largest absolute Gasteiger partial charge is 0.494 e. The fourth-order valence-corrected chi connectivity index (χ4v) is 1.85. The average Bonchev–Trinajstić information content (AvgIpc) is 2.68. The van der Waals surface area contributed by atoms with Crippen LogP contribution >= 0.6 is 0 Å². The van der Waals surface area contributed by atoms with Crippen molar-refractivity contribution in [2.24, 2.45) is 5.92 Å². The van der Waals surface area contributed by atoms with Crippen molar-refractivity contribution in [2.45, 2.75) is 19.4 Å². The molecular formula is C10H14N2O4. The van der Waals surface area contributed by atoms with Gasteiger partial charge in [0.2, 0.25) is 5.88 Å². The third-order valence-electron chi connectivity index (χ3n) is 2.80. The molecule has 0 bridgehead atoms. The van der Waals surface area contributed by atoms with Crippen LogP contribution in [0.1, 0.15) is 12.8 Å². The minimum absolute atomic E-state index is 0.285. The number of hydrogen-bond acceptors (Lipinski definition) is 4. The minimum atomic E-state index is -0.581. The fourth-order valence-electron chi connectivity index (χ4n) is 1.85. The Bertz CT molecular complexity index is 470. The molecule has 0 radical (unpaired) electrons. The summed E-state index contributed by atoms with van der Waals surface area (Å²) in [5.41, 5.74) is -1.15. The fraction of sp³-hybridized carbons (Fsp3) is 0.600. The first-order valence-electron chi connectivity index (χ1n) is 5.27. The molecule has 6 heteroatoms. The standard InChI is InChI=1S/C10H14N2O4/c13-8-5-9(14)12(10(15)11-8)3-1-7-2-4-16-6-7/h5,7,14H,1-4,6H2,(H,11,13,15). The molecule has 0 amide bonds. The molecule has 6 nitrogen and oxygen atoms in total. The van der Waals surface area contributed by atoms with Crippen molar-refractivity contribution in [2.75, 3.05) is 13.2 Å². The van der Waals surface area contributed by atoms with Gasteiger partial charge in [-0.2, -0.15) is 0 Å². The predicted molar refractivity (Wildman–Crippen MR) is 56.5 cm³/mol. The van der Waals surface area contributed by atoms with Gasteiger partial charge in [0.15, 0.2) is 0 Å². The number of aromatic hydroxyl groups is 1. The van der Waals surface area contributed by atoms with Gasteiger partial charge < -0.3 is 9.84 Å². The summed E-state index contributed by atoms with van der Waals surface area (Å²) in [6.07, 6.45) is 1.75. The van der Waals surface area contributed by atoms with Crippen LogP contribution in [0, 0.1) is 5.92 Å². The molecular weight excluding hydrogens is 212 g/mol. The first-order valence-corrected chi connectivity index (χ1v) is 5.27. The van der Waals surface area contributed by atoms with Crippen molar-refractivity contribution in [3.63, 3.8) is 0 Å². The van der Waals surface area contributed by atoms with Gasteiger partial charge in [-0.1, -0.05) is 0 Å². The molecule has 1 fully saturated rings. The van der Waals surface area contributed by atoms with Crippen LogP contribution in [0.3, 0.4) is 0 Å². The third kappa shape index (κ3) is 2.33. The van der Waals surface area contributed by atoms with E-state index >= 15 is 0 Å². The predicted octanol–water partition coefficient (Wildman–Crippen LogP) is -0.331. The Morgan fingerprint density at radius 2 is 2.38 bits per heavy atom. The Morgan fingerprint density at radius 3 is 3.00 bits per heavy atom. The molecule has 0 saturated carbocycles. The van der Waals surface area contributed by atoms with E-state index in [2.05, 4.69) is 4.98 Å². The molecule has 88 valence electrons. The third-order valence-corrected chi connectivity index (χ3v) is 2.80. The number of ether oxygens (including phenoxy) is 1. The second kappa shape index (κ2) is 4.52. The maximum atomic E-state index is 11.4. The van der Waals surface area contributed by atoms with Crippen LogP contribution in [0.25, 0.3) is 0 Å². The summed E-state index contributed by atoms with van der Waals surface area (Å²) < 4.78 is 6.38. The summed E-state index contributed by atoms with van der Waals surface area (Å²) >= 11 is 0. The average molecular weight is 226 g/mol. The van der Waals surface area contributed by atoms with Gasteiger partial charge in [-0.25, -0.2) is 4.79 Å². The quantitative estimate of drug-likeness (QED) is 0.739. The van der Waals surface area contributed by atoms with E-state index in [1.807, 2.05) is 0 Å². The SMILES string of the molecule is O=c1cc(O)n(CCC2CCOC2)c(=O)[nH]1. The van der Waals surface area contributed by atoms with Gasteiger partial charge in [-0.3, -0.25) is 14.3 Å². The summed E-state index contributed by atoms with van der Waals surface area (Å²) in [4.78, 5) is 24.4. The number of nitrogens with one attached hydrogen (secondary N) is 1. The summed E-state index contributed by atoms with van der Waals surface area (Å²) in [6, 6.07) is 1.01. The number of rotatable bonds is 3. The Balaban J connectivity index is 2.09. The molecule has 1 unspecified atom stereocenters. The molecule has 2 N–H and O–H groups in total. The highest BCUT2D eigenvalue weighted by atomic mass is 16.5. The molecule has 1 aliphatic heterocycles. The maximum absolute atomic E-state index is 11.4. The van der Waals surface area contributed by atoms with E-state index in [1.165, 1.54) is 4.57 Å². The normalized spacial score (nSPS) is 20.1. The highest BCUT2D eigenvalue weighted by molar-refractivity contribution is 5.05. The second-order valence-corrected chi connectivity index (χ2v) is 3.97. The molecule has 1 aromatic rings. The highest BCUT2D eigenvalue weighted by Crippen LogP contribution is 2.17. The zero-order valence-electron chi connectivity index (χ0n) is 8.81. The van der Waals surface area contributed by atoms with Gasteiger partial charge >= 0.3 is 5.69 Å². The molecule has 0 aromatic carbocycles. The lowest BCUT2D eigenvalue weighted by molar-refractivity contribution is 0.182. The Labute approximate surface area is 91.5 Å². The molecule has 2 rings (SSSR count). The van der Waals surface area contributed by atoms with Gasteiger partial charge in [0.1, 0.15) is 0 Å². The van der Waals surface area contributed by atoms with E-state index in [0.29, 0.717) is 19.1 Å². The molecule has 1 aliphatic rings. The maximum Gasteiger partial charge on any atom is 0.331 e. The van der Waals surface area contributed by atoms with E-state index < -0.39 is 11.2 Å². The van der Waals surface area contributed by atoms with Crippen molar-refractivity contribution in [3.05, 3.63) is 26.9 Å². The van der Waals surface area contributed by atoms with Crippen molar-refractivity contribution in [1.82, 2.24) is 9.55 Å². The molecule has 0 aliphatic carbocycles. The van der Waals surface area contributed by atoms with Crippen LogP contribution in [0.2, 0.25) is 0 Å². The lowest BCUT2D eigenvalue weighted by atomic mass is 10.1. The van der Waals surface area contributed by atoms with Crippen LogP contribution in [0.15, 0.2) is 15.7 Å². The Hall–Kier alpha value is -1.56. The van der Waals surface area contributed by atoms with Crippen molar-refractivity contribution in [1.29, 1.82) is 0 Å². The summed E-state index contributed by atoms with van der Waals surface area (Å²) in [5.74, 6) is 0.144. The zero-order chi connectivity index (χ0) is 11.5.